The molecule has 0 atom stereocenters. The van der Waals surface area contributed by atoms with Crippen LogP contribution in [0.1, 0.15) is 33.2 Å². The van der Waals surface area contributed by atoms with E-state index >= 15 is 0 Å². The van der Waals surface area contributed by atoms with Crippen molar-refractivity contribution in [2.24, 2.45) is 0 Å². The minimum Gasteiger partial charge on any atom is -0.294 e. The lowest BCUT2D eigenvalue weighted by Gasteiger charge is -2.05. The molecule has 0 bridgehead atoms. The van der Waals surface area contributed by atoms with Crippen LogP contribution in [0.3, 0.4) is 0 Å². The molecule has 0 spiro atoms. The molecule has 0 aliphatic heterocycles. The van der Waals surface area contributed by atoms with E-state index in [0.29, 0.717) is 16.7 Å². The van der Waals surface area contributed by atoms with Gasteiger partial charge >= 0.3 is 0 Å². The van der Waals surface area contributed by atoms with E-state index in [-0.39, 0.29) is 11.6 Å². The van der Waals surface area contributed by atoms with E-state index in [9.17, 15) is 9.59 Å². The summed E-state index contributed by atoms with van der Waals surface area (Å²) in [6.07, 6.45) is 0. The molecule has 0 aliphatic carbocycles. The van der Waals surface area contributed by atoms with Crippen LogP contribution in [-0.4, -0.2) is 11.6 Å². The Morgan fingerprint density at radius 3 is 1.88 bits per heavy atom. The molecule has 2 nitrogen and oxygen atoms in total. The van der Waals surface area contributed by atoms with Gasteiger partial charge in [-0.1, -0.05) is 54.6 Å². The van der Waals surface area contributed by atoms with Crippen molar-refractivity contribution in [2.45, 2.75) is 6.92 Å². The zero-order valence-corrected chi connectivity index (χ0v) is 9.51. The highest BCUT2D eigenvalue weighted by Gasteiger charge is 2.14. The topological polar surface area (TPSA) is 34.1 Å². The number of hydrogen-bond donors (Lipinski definition) is 0. The van der Waals surface area contributed by atoms with Crippen LogP contribution in [-0.2, 0) is 0 Å². The number of Topliss-reactive ketones (excluding diaryl/α,β-unsaturated/α-hetero) is 1. The van der Waals surface area contributed by atoms with Gasteiger partial charge in [-0.05, 0) is 6.92 Å². The molecule has 0 aromatic heterocycles. The van der Waals surface area contributed by atoms with E-state index in [1.165, 1.54) is 6.92 Å². The van der Waals surface area contributed by atoms with Gasteiger partial charge < -0.3 is 0 Å². The third kappa shape index (κ3) is 2.31. The molecule has 0 saturated heterocycles. The smallest absolute Gasteiger partial charge is 0.193 e. The van der Waals surface area contributed by atoms with Gasteiger partial charge in [0.1, 0.15) is 0 Å². The van der Waals surface area contributed by atoms with E-state index in [2.05, 4.69) is 0 Å². The number of hydrogen-bond acceptors (Lipinski definition) is 2. The largest absolute Gasteiger partial charge is 0.294 e. The molecule has 0 N–H and O–H groups in total. The van der Waals surface area contributed by atoms with Crippen LogP contribution in [0, 0.1) is 0 Å². The van der Waals surface area contributed by atoms with Crippen LogP contribution in [0.15, 0.2) is 54.6 Å². The Balaban J connectivity index is 2.48. The second-order valence-corrected chi connectivity index (χ2v) is 3.80. The lowest BCUT2D eigenvalue weighted by atomic mass is 9.97. The predicted molar refractivity (Wildman–Crippen MR) is 66.3 cm³/mol. The van der Waals surface area contributed by atoms with Gasteiger partial charge in [-0.25, -0.2) is 0 Å². The standard InChI is InChI=1S/C15H12O2/c1-11(16)13-9-5-6-10-14(13)15(17)12-7-3-2-4-8-12/h2-10H,1H3. The number of benzene rings is 2. The fraction of sp³-hybridized carbons (Fsp3) is 0.0667. The highest BCUT2D eigenvalue weighted by Crippen LogP contribution is 2.15. The quantitative estimate of drug-likeness (QED) is 0.750. The van der Waals surface area contributed by atoms with E-state index < -0.39 is 0 Å². The lowest BCUT2D eigenvalue weighted by Crippen LogP contribution is -2.07. The maximum Gasteiger partial charge on any atom is 0.193 e. The maximum atomic E-state index is 12.2. The summed E-state index contributed by atoms with van der Waals surface area (Å²) in [4.78, 5) is 23.7. The Morgan fingerprint density at radius 1 is 0.765 bits per heavy atom. The summed E-state index contributed by atoms with van der Waals surface area (Å²) in [5, 5.41) is 0. The first-order valence-electron chi connectivity index (χ1n) is 5.40. The van der Waals surface area contributed by atoms with Gasteiger partial charge in [0.05, 0.1) is 0 Å². The SMILES string of the molecule is CC(=O)c1ccccc1C(=O)c1ccccc1. The number of ketones is 2. The summed E-state index contributed by atoms with van der Waals surface area (Å²) in [7, 11) is 0. The van der Waals surface area contributed by atoms with E-state index in [4.69, 9.17) is 0 Å². The molecule has 0 fully saturated rings. The predicted octanol–water partition coefficient (Wildman–Crippen LogP) is 3.12. The molecule has 0 amide bonds. The Morgan fingerprint density at radius 2 is 1.29 bits per heavy atom. The molecule has 0 unspecified atom stereocenters. The molecule has 0 aliphatic rings. The Kier molecular flexibility index (Phi) is 3.15. The number of carbonyl (C=O) groups is 2. The highest BCUT2D eigenvalue weighted by atomic mass is 16.1. The second-order valence-electron chi connectivity index (χ2n) is 3.80. The summed E-state index contributed by atoms with van der Waals surface area (Å²) >= 11 is 0. The summed E-state index contributed by atoms with van der Waals surface area (Å²) < 4.78 is 0. The Hall–Kier alpha value is -2.22. The Labute approximate surface area is 99.9 Å². The molecular weight excluding hydrogens is 212 g/mol. The third-order valence-corrected chi connectivity index (χ3v) is 2.59. The fourth-order valence-electron chi connectivity index (χ4n) is 1.73. The van der Waals surface area contributed by atoms with Crippen LogP contribution < -0.4 is 0 Å². The monoisotopic (exact) mass is 224 g/mol. The summed E-state index contributed by atoms with van der Waals surface area (Å²) in [6, 6.07) is 15.9. The lowest BCUT2D eigenvalue weighted by molar-refractivity contribution is 0.0990. The Bertz CT molecular complexity index is 556. The van der Waals surface area contributed by atoms with Crippen molar-refractivity contribution in [3.8, 4) is 0 Å². The average Bonchev–Trinajstić information content (AvgIpc) is 2.39. The highest BCUT2D eigenvalue weighted by molar-refractivity contribution is 6.15. The third-order valence-electron chi connectivity index (χ3n) is 2.59. The average molecular weight is 224 g/mol. The zero-order valence-electron chi connectivity index (χ0n) is 9.51. The van der Waals surface area contributed by atoms with Crippen molar-refractivity contribution in [1.82, 2.24) is 0 Å². The van der Waals surface area contributed by atoms with Crippen molar-refractivity contribution < 1.29 is 9.59 Å². The van der Waals surface area contributed by atoms with Crippen LogP contribution >= 0.6 is 0 Å². The van der Waals surface area contributed by atoms with E-state index in [0.717, 1.165) is 0 Å². The van der Waals surface area contributed by atoms with E-state index in [1.54, 1.807) is 36.4 Å². The van der Waals surface area contributed by atoms with Gasteiger partial charge in [-0.3, -0.25) is 9.59 Å². The molecule has 2 aromatic carbocycles. The van der Waals surface area contributed by atoms with E-state index in [1.807, 2.05) is 18.2 Å². The molecule has 2 heteroatoms. The summed E-state index contributed by atoms with van der Waals surface area (Å²) in [6.45, 7) is 1.47. The first-order chi connectivity index (χ1) is 8.20. The van der Waals surface area contributed by atoms with Crippen LogP contribution in [0.5, 0.6) is 0 Å². The number of rotatable bonds is 3. The maximum absolute atomic E-state index is 12.2. The van der Waals surface area contributed by atoms with Crippen molar-refractivity contribution in [3.63, 3.8) is 0 Å². The molecule has 84 valence electrons. The fourth-order valence-corrected chi connectivity index (χ4v) is 1.73. The molecule has 0 radical (unpaired) electrons. The minimum absolute atomic E-state index is 0.0927. The van der Waals surface area contributed by atoms with Crippen LogP contribution in [0.4, 0.5) is 0 Å². The van der Waals surface area contributed by atoms with Crippen molar-refractivity contribution >= 4 is 11.6 Å². The molecule has 0 saturated carbocycles. The van der Waals surface area contributed by atoms with Gasteiger partial charge in [-0.15, -0.1) is 0 Å². The van der Waals surface area contributed by atoms with Gasteiger partial charge in [0.2, 0.25) is 0 Å². The van der Waals surface area contributed by atoms with Gasteiger partial charge in [-0.2, -0.15) is 0 Å². The van der Waals surface area contributed by atoms with Gasteiger partial charge in [0.25, 0.3) is 0 Å². The first kappa shape index (κ1) is 11.3. The second kappa shape index (κ2) is 4.74. The number of carbonyl (C=O) groups excluding carboxylic acids is 2. The van der Waals surface area contributed by atoms with Crippen LogP contribution in [0.25, 0.3) is 0 Å². The molecular formula is C15H12O2. The molecule has 17 heavy (non-hydrogen) atoms. The summed E-state index contributed by atoms with van der Waals surface area (Å²) in [5.74, 6) is -0.207. The molecule has 2 aromatic rings. The van der Waals surface area contributed by atoms with Crippen molar-refractivity contribution in [3.05, 3.63) is 71.3 Å². The zero-order chi connectivity index (χ0) is 12.3. The molecule has 2 rings (SSSR count). The van der Waals surface area contributed by atoms with Gasteiger partial charge in [0, 0.05) is 16.7 Å². The summed E-state index contributed by atoms with van der Waals surface area (Å²) in [5.41, 5.74) is 1.54. The van der Waals surface area contributed by atoms with Crippen LogP contribution in [0.2, 0.25) is 0 Å². The first-order valence-corrected chi connectivity index (χ1v) is 5.40. The van der Waals surface area contributed by atoms with Gasteiger partial charge in [0.15, 0.2) is 11.6 Å². The van der Waals surface area contributed by atoms with Crippen molar-refractivity contribution in [1.29, 1.82) is 0 Å². The molecule has 0 heterocycles. The minimum atomic E-state index is -0.114. The van der Waals surface area contributed by atoms with Crippen molar-refractivity contribution in [2.75, 3.05) is 0 Å². The normalized spacial score (nSPS) is 9.94.